The molecule has 4 heteroatoms. The molecule has 0 amide bonds. The number of thioether (sulfide) groups is 1. The van der Waals surface area contributed by atoms with E-state index >= 15 is 0 Å². The summed E-state index contributed by atoms with van der Waals surface area (Å²) in [6.45, 7) is 0.798. The number of hydrogen-bond acceptors (Lipinski definition) is 3. The van der Waals surface area contributed by atoms with E-state index in [2.05, 4.69) is 52.2 Å². The summed E-state index contributed by atoms with van der Waals surface area (Å²) in [6, 6.07) is 13.2. The van der Waals surface area contributed by atoms with Gasteiger partial charge in [0.2, 0.25) is 0 Å². The number of benzene rings is 1. The summed E-state index contributed by atoms with van der Waals surface area (Å²) in [5, 5.41) is 3.60. The van der Waals surface area contributed by atoms with Crippen LogP contribution in [-0.4, -0.2) is 5.75 Å². The molecule has 2 nitrogen and oxygen atoms in total. The fraction of sp³-hybridized carbons (Fsp3) is 0.286. The third-order valence-electron chi connectivity index (χ3n) is 3.11. The topological polar surface area (TPSA) is 25.2 Å². The normalized spacial score (nSPS) is 18.6. The molecule has 2 heterocycles. The monoisotopic (exact) mass is 371 g/mol. The molecule has 0 spiro atoms. The van der Waals surface area contributed by atoms with Crippen LogP contribution < -0.4 is 5.32 Å². The second kappa shape index (κ2) is 5.67. The van der Waals surface area contributed by atoms with E-state index in [0.29, 0.717) is 6.04 Å². The van der Waals surface area contributed by atoms with Crippen LogP contribution in [0, 0.1) is 3.77 Å². The zero-order valence-electron chi connectivity index (χ0n) is 9.86. The molecule has 1 aliphatic rings. The quantitative estimate of drug-likeness (QED) is 0.819. The lowest BCUT2D eigenvalue weighted by Gasteiger charge is -2.25. The minimum atomic E-state index is 0.449. The molecule has 1 unspecified atom stereocenters. The molecule has 0 saturated carbocycles. The lowest BCUT2D eigenvalue weighted by Crippen LogP contribution is -2.23. The fourth-order valence-electron chi connectivity index (χ4n) is 2.22. The summed E-state index contributed by atoms with van der Waals surface area (Å²) in [7, 11) is 0. The minimum Gasteiger partial charge on any atom is -0.454 e. The summed E-state index contributed by atoms with van der Waals surface area (Å²) in [5.74, 6) is 2.19. The van der Waals surface area contributed by atoms with Crippen molar-refractivity contribution in [1.82, 2.24) is 5.32 Å². The van der Waals surface area contributed by atoms with Crippen LogP contribution in [0.2, 0.25) is 0 Å². The Kier molecular flexibility index (Phi) is 3.96. The maximum Gasteiger partial charge on any atom is 0.164 e. The summed E-state index contributed by atoms with van der Waals surface area (Å²) < 4.78 is 6.53. The van der Waals surface area contributed by atoms with Crippen molar-refractivity contribution in [3.8, 4) is 0 Å². The molecule has 0 bridgehead atoms. The smallest absolute Gasteiger partial charge is 0.164 e. The second-order valence-electron chi connectivity index (χ2n) is 4.31. The van der Waals surface area contributed by atoms with Gasteiger partial charge in [-0.25, -0.2) is 0 Å². The molecule has 0 saturated heterocycles. The highest BCUT2D eigenvalue weighted by molar-refractivity contribution is 14.1. The summed E-state index contributed by atoms with van der Waals surface area (Å²) >= 11 is 4.15. The van der Waals surface area contributed by atoms with Crippen molar-refractivity contribution in [2.45, 2.75) is 23.9 Å². The molecular formula is C14H14INOS. The van der Waals surface area contributed by atoms with Crippen LogP contribution in [0.4, 0.5) is 0 Å². The van der Waals surface area contributed by atoms with Gasteiger partial charge in [-0.05, 0) is 58.5 Å². The SMILES string of the molecule is Ic1ccc(CNC2CCSc3ccccc32)o1. The number of halogens is 1. The van der Waals surface area contributed by atoms with Gasteiger partial charge in [-0.15, -0.1) is 11.8 Å². The minimum absolute atomic E-state index is 0.449. The highest BCUT2D eigenvalue weighted by Crippen LogP contribution is 2.35. The van der Waals surface area contributed by atoms with Crippen LogP contribution in [-0.2, 0) is 6.54 Å². The summed E-state index contributed by atoms with van der Waals surface area (Å²) in [4.78, 5) is 1.41. The van der Waals surface area contributed by atoms with Crippen molar-refractivity contribution in [2.24, 2.45) is 0 Å². The Bertz CT molecular complexity index is 540. The number of hydrogen-bond donors (Lipinski definition) is 1. The van der Waals surface area contributed by atoms with Gasteiger partial charge in [0.25, 0.3) is 0 Å². The standard InChI is InChI=1S/C14H14INOS/c15-14-6-5-10(17-14)9-16-12-7-8-18-13-4-2-1-3-11(12)13/h1-6,12,16H,7-9H2. The van der Waals surface area contributed by atoms with E-state index in [1.807, 2.05) is 23.9 Å². The van der Waals surface area contributed by atoms with Crippen molar-refractivity contribution in [2.75, 3.05) is 5.75 Å². The van der Waals surface area contributed by atoms with E-state index in [1.165, 1.54) is 22.6 Å². The molecule has 1 aromatic carbocycles. The van der Waals surface area contributed by atoms with Gasteiger partial charge in [0, 0.05) is 10.9 Å². The molecule has 1 atom stereocenters. The largest absolute Gasteiger partial charge is 0.454 e. The lowest BCUT2D eigenvalue weighted by atomic mass is 10.0. The highest BCUT2D eigenvalue weighted by atomic mass is 127. The Balaban J connectivity index is 1.71. The Hall–Kier alpha value is -0.460. The van der Waals surface area contributed by atoms with Crippen molar-refractivity contribution in [3.05, 3.63) is 51.5 Å². The third-order valence-corrected chi connectivity index (χ3v) is 4.81. The van der Waals surface area contributed by atoms with E-state index in [9.17, 15) is 0 Å². The van der Waals surface area contributed by atoms with Crippen LogP contribution in [0.25, 0.3) is 0 Å². The van der Waals surface area contributed by atoms with E-state index in [1.54, 1.807) is 0 Å². The van der Waals surface area contributed by atoms with Crippen LogP contribution in [0.3, 0.4) is 0 Å². The Morgan fingerprint density at radius 1 is 1.28 bits per heavy atom. The van der Waals surface area contributed by atoms with Gasteiger partial charge in [0.1, 0.15) is 5.76 Å². The molecule has 1 aliphatic heterocycles. The van der Waals surface area contributed by atoms with Crippen LogP contribution in [0.1, 0.15) is 23.8 Å². The van der Waals surface area contributed by atoms with Crippen LogP contribution >= 0.6 is 34.4 Å². The first-order valence-electron chi connectivity index (χ1n) is 6.02. The summed E-state index contributed by atoms with van der Waals surface area (Å²) in [6.07, 6.45) is 1.18. The second-order valence-corrected chi connectivity index (χ2v) is 6.51. The van der Waals surface area contributed by atoms with E-state index < -0.39 is 0 Å². The molecule has 18 heavy (non-hydrogen) atoms. The average molecular weight is 371 g/mol. The maximum atomic E-state index is 5.58. The lowest BCUT2D eigenvalue weighted by molar-refractivity contribution is 0.428. The van der Waals surface area contributed by atoms with Gasteiger partial charge in [-0.3, -0.25) is 0 Å². The number of furan rings is 1. The predicted molar refractivity (Wildman–Crippen MR) is 82.8 cm³/mol. The van der Waals surface area contributed by atoms with Gasteiger partial charge in [0.05, 0.1) is 6.54 Å². The first kappa shape index (κ1) is 12.6. The van der Waals surface area contributed by atoms with E-state index in [4.69, 9.17) is 4.42 Å². The Morgan fingerprint density at radius 3 is 3.00 bits per heavy atom. The van der Waals surface area contributed by atoms with Gasteiger partial charge in [-0.2, -0.15) is 0 Å². The maximum absolute atomic E-state index is 5.58. The molecular weight excluding hydrogens is 357 g/mol. The van der Waals surface area contributed by atoms with Gasteiger partial charge in [0.15, 0.2) is 3.77 Å². The van der Waals surface area contributed by atoms with E-state index in [0.717, 1.165) is 16.1 Å². The molecule has 0 aliphatic carbocycles. The molecule has 3 rings (SSSR count). The number of nitrogens with one attached hydrogen (secondary N) is 1. The molecule has 94 valence electrons. The molecule has 1 aromatic heterocycles. The zero-order chi connectivity index (χ0) is 12.4. The molecule has 0 radical (unpaired) electrons. The highest BCUT2D eigenvalue weighted by Gasteiger charge is 2.19. The van der Waals surface area contributed by atoms with Crippen molar-refractivity contribution < 1.29 is 4.42 Å². The van der Waals surface area contributed by atoms with Crippen molar-refractivity contribution in [3.63, 3.8) is 0 Å². The molecule has 2 aromatic rings. The summed E-state index contributed by atoms with van der Waals surface area (Å²) in [5.41, 5.74) is 1.43. The van der Waals surface area contributed by atoms with Gasteiger partial charge < -0.3 is 9.73 Å². The Labute approximate surface area is 125 Å². The number of fused-ring (bicyclic) bond motifs is 1. The predicted octanol–water partition coefficient (Wildman–Crippen LogP) is 4.21. The fourth-order valence-corrected chi connectivity index (χ4v) is 3.81. The Morgan fingerprint density at radius 2 is 2.17 bits per heavy atom. The molecule has 0 fully saturated rings. The van der Waals surface area contributed by atoms with Crippen molar-refractivity contribution >= 4 is 34.4 Å². The zero-order valence-corrected chi connectivity index (χ0v) is 12.8. The third kappa shape index (κ3) is 2.75. The average Bonchev–Trinajstić information content (AvgIpc) is 2.82. The van der Waals surface area contributed by atoms with Crippen LogP contribution in [0.5, 0.6) is 0 Å². The van der Waals surface area contributed by atoms with Gasteiger partial charge in [-0.1, -0.05) is 18.2 Å². The first-order chi connectivity index (χ1) is 8.83. The molecule has 1 N–H and O–H groups in total. The number of rotatable bonds is 3. The van der Waals surface area contributed by atoms with Gasteiger partial charge >= 0.3 is 0 Å². The van der Waals surface area contributed by atoms with Crippen molar-refractivity contribution in [1.29, 1.82) is 0 Å². The first-order valence-corrected chi connectivity index (χ1v) is 8.09. The van der Waals surface area contributed by atoms with Crippen LogP contribution in [0.15, 0.2) is 45.7 Å². The van der Waals surface area contributed by atoms with E-state index in [-0.39, 0.29) is 0 Å².